The van der Waals surface area contributed by atoms with Crippen molar-refractivity contribution in [2.45, 2.75) is 25.5 Å². The molecule has 0 aliphatic carbocycles. The minimum absolute atomic E-state index is 0.114. The van der Waals surface area contributed by atoms with E-state index in [9.17, 15) is 14.4 Å². The smallest absolute Gasteiger partial charge is 0.423 e. The van der Waals surface area contributed by atoms with Gasteiger partial charge in [-0.25, -0.2) is 9.37 Å². The maximum absolute atomic E-state index is 14.6. The highest BCUT2D eigenvalue weighted by molar-refractivity contribution is 6.58. The molecule has 1 saturated heterocycles. The number of pyridine rings is 2. The highest BCUT2D eigenvalue weighted by atomic mass is 35.5. The number of nitrogens with zero attached hydrogens (tertiary/aromatic N) is 3. The second-order valence-corrected chi connectivity index (χ2v) is 7.86. The molecule has 0 bridgehead atoms. The van der Waals surface area contributed by atoms with E-state index in [0.717, 1.165) is 19.3 Å². The minimum atomic E-state index is -1.68. The summed E-state index contributed by atoms with van der Waals surface area (Å²) >= 11 is 6.07. The molecule has 1 atom stereocenters. The lowest BCUT2D eigenvalue weighted by atomic mass is 9.81. The molecule has 10 heteroatoms. The lowest BCUT2D eigenvalue weighted by Gasteiger charge is -2.19. The molecule has 1 aliphatic rings. The van der Waals surface area contributed by atoms with Crippen LogP contribution in [0.2, 0.25) is 5.02 Å². The molecule has 7 nitrogen and oxygen atoms in total. The highest BCUT2D eigenvalue weighted by Crippen LogP contribution is 2.26. The Hall–Kier alpha value is -2.85. The van der Waals surface area contributed by atoms with Crippen molar-refractivity contribution < 1.29 is 19.2 Å². The van der Waals surface area contributed by atoms with Gasteiger partial charge >= 0.3 is 7.12 Å². The number of nitrogens with two attached hydrogens (primary N) is 1. The predicted molar refractivity (Wildman–Crippen MR) is 124 cm³/mol. The minimum Gasteiger partial charge on any atom is -0.423 e. The van der Waals surface area contributed by atoms with Crippen molar-refractivity contribution in [2.75, 3.05) is 6.61 Å². The van der Waals surface area contributed by atoms with E-state index >= 15 is 0 Å². The monoisotopic (exact) mass is 454 g/mol. The van der Waals surface area contributed by atoms with Crippen LogP contribution in [-0.4, -0.2) is 46.2 Å². The molecule has 1 fully saturated rings. The molecule has 3 heterocycles. The Morgan fingerprint density at radius 3 is 2.81 bits per heavy atom. The first-order chi connectivity index (χ1) is 15.4. The van der Waals surface area contributed by atoms with Gasteiger partial charge in [0.2, 0.25) is 0 Å². The zero-order valence-electron chi connectivity index (χ0n) is 17.1. The Bertz CT molecular complexity index is 1200. The van der Waals surface area contributed by atoms with Crippen molar-refractivity contribution in [2.24, 2.45) is 10.7 Å². The number of fused-ring (bicyclic) bond motifs is 1. The van der Waals surface area contributed by atoms with Crippen LogP contribution in [0.15, 0.2) is 47.6 Å². The zero-order chi connectivity index (χ0) is 22.7. The topological polar surface area (TPSA) is 114 Å². The summed E-state index contributed by atoms with van der Waals surface area (Å²) in [4.78, 5) is 13.3. The second-order valence-electron chi connectivity index (χ2n) is 7.43. The van der Waals surface area contributed by atoms with Gasteiger partial charge in [0.1, 0.15) is 12.0 Å². The number of rotatable bonds is 5. The normalized spacial score (nSPS) is 17.6. The van der Waals surface area contributed by atoms with E-state index in [1.165, 1.54) is 36.7 Å². The molecule has 1 aliphatic heterocycles. The number of allylic oxidation sites excluding steroid dienone is 1. The van der Waals surface area contributed by atoms with Gasteiger partial charge < -0.3 is 20.5 Å². The van der Waals surface area contributed by atoms with E-state index < -0.39 is 12.9 Å². The Morgan fingerprint density at radius 2 is 2.06 bits per heavy atom. The molecular formula is C22H21BClFN4O3. The Balaban J connectivity index is 1.84. The fourth-order valence-corrected chi connectivity index (χ4v) is 3.61. The van der Waals surface area contributed by atoms with Gasteiger partial charge in [-0.1, -0.05) is 11.6 Å². The van der Waals surface area contributed by atoms with Crippen LogP contribution >= 0.6 is 11.6 Å². The third-order valence-corrected chi connectivity index (χ3v) is 5.40. The van der Waals surface area contributed by atoms with Crippen molar-refractivity contribution in [3.63, 3.8) is 0 Å². The first kappa shape index (κ1) is 22.4. The SMILES string of the molecule is NC(=C(C=NC1CCCCO1)c1ccc2ncc(B(O)O)cc2n1)c1cc(Cl)ccc1F. The van der Waals surface area contributed by atoms with Crippen LogP contribution in [0.4, 0.5) is 4.39 Å². The average molecular weight is 455 g/mol. The standard InChI is InChI=1S/C22H21BClFN4O3/c24-14-4-5-17(25)15(10-14)22(26)16(12-28-21-3-1-2-8-32-21)18-6-7-19-20(29-18)9-13(11-27-19)23(30)31/h4-7,9-12,21,30-31H,1-3,8,26H2. The van der Waals surface area contributed by atoms with Gasteiger partial charge in [-0.15, -0.1) is 0 Å². The Morgan fingerprint density at radius 1 is 1.22 bits per heavy atom. The number of aromatic nitrogens is 2. The summed E-state index contributed by atoms with van der Waals surface area (Å²) in [6, 6.07) is 9.07. The molecule has 1 aromatic carbocycles. The fourth-order valence-electron chi connectivity index (χ4n) is 3.43. The summed E-state index contributed by atoms with van der Waals surface area (Å²) < 4.78 is 20.2. The van der Waals surface area contributed by atoms with Crippen molar-refractivity contribution in [1.82, 2.24) is 9.97 Å². The molecular weight excluding hydrogens is 434 g/mol. The van der Waals surface area contributed by atoms with E-state index in [2.05, 4.69) is 15.0 Å². The number of hydrogen-bond acceptors (Lipinski definition) is 7. The van der Waals surface area contributed by atoms with E-state index in [1.807, 2.05) is 0 Å². The van der Waals surface area contributed by atoms with Crippen molar-refractivity contribution in [3.05, 3.63) is 64.7 Å². The largest absolute Gasteiger partial charge is 0.490 e. The van der Waals surface area contributed by atoms with Crippen LogP contribution in [0.1, 0.15) is 30.5 Å². The summed E-state index contributed by atoms with van der Waals surface area (Å²) in [5, 5.41) is 19.2. The third kappa shape index (κ3) is 4.97. The summed E-state index contributed by atoms with van der Waals surface area (Å²) in [7, 11) is -1.68. The summed E-state index contributed by atoms with van der Waals surface area (Å²) in [5.74, 6) is -0.528. The van der Waals surface area contributed by atoms with E-state index in [-0.39, 0.29) is 23.0 Å². The fraction of sp³-hybridized carbons (Fsp3) is 0.227. The number of hydrogen-bond donors (Lipinski definition) is 3. The summed E-state index contributed by atoms with van der Waals surface area (Å²) in [5.41, 5.74) is 8.61. The lowest BCUT2D eigenvalue weighted by molar-refractivity contribution is 0.0227. The van der Waals surface area contributed by atoms with Gasteiger partial charge in [-0.2, -0.15) is 0 Å². The van der Waals surface area contributed by atoms with Gasteiger partial charge in [0.05, 0.1) is 22.4 Å². The molecule has 0 saturated carbocycles. The molecule has 164 valence electrons. The molecule has 0 amide bonds. The summed E-state index contributed by atoms with van der Waals surface area (Å²) in [6.07, 6.45) is 5.37. The van der Waals surface area contributed by atoms with Gasteiger partial charge in [-0.3, -0.25) is 9.98 Å². The van der Waals surface area contributed by atoms with Crippen LogP contribution in [0.25, 0.3) is 22.3 Å². The van der Waals surface area contributed by atoms with Crippen molar-refractivity contribution in [3.8, 4) is 0 Å². The second kappa shape index (κ2) is 9.75. The molecule has 0 spiro atoms. The lowest BCUT2D eigenvalue weighted by Crippen LogP contribution is -2.30. The molecule has 4 N–H and O–H groups in total. The van der Waals surface area contributed by atoms with Crippen LogP contribution in [-0.2, 0) is 4.74 Å². The van der Waals surface area contributed by atoms with Crippen LogP contribution < -0.4 is 11.2 Å². The van der Waals surface area contributed by atoms with E-state index in [0.29, 0.717) is 33.9 Å². The number of ether oxygens (including phenoxy) is 1. The van der Waals surface area contributed by atoms with E-state index in [1.54, 1.807) is 12.1 Å². The van der Waals surface area contributed by atoms with Gasteiger partial charge in [0.25, 0.3) is 0 Å². The number of benzene rings is 1. The maximum atomic E-state index is 14.6. The average Bonchev–Trinajstić information content (AvgIpc) is 2.80. The number of halogens is 2. The van der Waals surface area contributed by atoms with Gasteiger partial charge in [0, 0.05) is 40.6 Å². The molecule has 0 radical (unpaired) electrons. The quantitative estimate of drug-likeness (QED) is 0.403. The highest BCUT2D eigenvalue weighted by Gasteiger charge is 2.17. The first-order valence-electron chi connectivity index (χ1n) is 10.2. The van der Waals surface area contributed by atoms with Crippen LogP contribution in [0.3, 0.4) is 0 Å². The molecule has 4 rings (SSSR count). The Kier molecular flexibility index (Phi) is 6.81. The first-order valence-corrected chi connectivity index (χ1v) is 10.5. The molecule has 32 heavy (non-hydrogen) atoms. The molecule has 3 aromatic rings. The predicted octanol–water partition coefficient (Wildman–Crippen LogP) is 2.53. The summed E-state index contributed by atoms with van der Waals surface area (Å²) in [6.45, 7) is 0.631. The molecule has 2 aromatic heterocycles. The van der Waals surface area contributed by atoms with Crippen LogP contribution in [0.5, 0.6) is 0 Å². The number of aliphatic imine (C=N–C) groups is 1. The van der Waals surface area contributed by atoms with E-state index in [4.69, 9.17) is 22.1 Å². The van der Waals surface area contributed by atoms with Crippen molar-refractivity contribution >= 4 is 52.7 Å². The maximum Gasteiger partial charge on any atom is 0.490 e. The zero-order valence-corrected chi connectivity index (χ0v) is 17.8. The third-order valence-electron chi connectivity index (χ3n) is 5.17. The molecule has 1 unspecified atom stereocenters. The van der Waals surface area contributed by atoms with Gasteiger partial charge in [-0.05, 0) is 55.7 Å². The van der Waals surface area contributed by atoms with Crippen LogP contribution in [0, 0.1) is 5.82 Å². The van der Waals surface area contributed by atoms with Crippen molar-refractivity contribution in [1.29, 1.82) is 0 Å². The Labute approximate surface area is 189 Å². The van der Waals surface area contributed by atoms with Gasteiger partial charge in [0.15, 0.2) is 0 Å².